The van der Waals surface area contributed by atoms with Gasteiger partial charge in [-0.3, -0.25) is 4.79 Å². The van der Waals surface area contributed by atoms with Crippen molar-refractivity contribution in [1.82, 2.24) is 4.90 Å². The number of phenolic OH excluding ortho intramolecular Hbond substituents is 1. The number of amides is 1. The fourth-order valence-electron chi connectivity index (χ4n) is 2.91. The molecule has 0 aromatic heterocycles. The molecule has 1 aliphatic heterocycles. The lowest BCUT2D eigenvalue weighted by molar-refractivity contribution is -0.148. The number of likely N-dealkylation sites (tertiary alicyclic amines) is 1. The van der Waals surface area contributed by atoms with Crippen molar-refractivity contribution in [3.8, 4) is 5.75 Å². The van der Waals surface area contributed by atoms with E-state index >= 15 is 0 Å². The number of hydrogen-bond acceptors (Lipinski definition) is 3. The number of piperidine rings is 1. The lowest BCUT2D eigenvalue weighted by Gasteiger charge is -2.44. The van der Waals surface area contributed by atoms with Crippen LogP contribution in [0.1, 0.15) is 37.0 Å². The van der Waals surface area contributed by atoms with E-state index in [0.717, 1.165) is 12.8 Å². The van der Waals surface area contributed by atoms with Crippen molar-refractivity contribution >= 4 is 23.5 Å². The van der Waals surface area contributed by atoms with Crippen LogP contribution in [0.5, 0.6) is 5.75 Å². The third kappa shape index (κ3) is 2.97. The maximum atomic E-state index is 12.6. The summed E-state index contributed by atoms with van der Waals surface area (Å²) < 4.78 is 0. The molecule has 0 radical (unpaired) electrons. The predicted molar refractivity (Wildman–Crippen MR) is 78.6 cm³/mol. The molecule has 1 aliphatic rings. The number of carboxylic acids is 1. The van der Waals surface area contributed by atoms with Gasteiger partial charge in [-0.2, -0.15) is 0 Å². The van der Waals surface area contributed by atoms with E-state index in [-0.39, 0.29) is 16.3 Å². The Morgan fingerprint density at radius 1 is 1.38 bits per heavy atom. The van der Waals surface area contributed by atoms with Crippen molar-refractivity contribution in [3.63, 3.8) is 0 Å². The zero-order chi connectivity index (χ0) is 15.8. The molecule has 1 heterocycles. The van der Waals surface area contributed by atoms with Gasteiger partial charge in [-0.15, -0.1) is 0 Å². The summed E-state index contributed by atoms with van der Waals surface area (Å²) in [6, 6.07) is 3.17. The minimum Gasteiger partial charge on any atom is -0.508 e. The number of carboxylic acid groups (broad SMARTS) is 1. The van der Waals surface area contributed by atoms with Crippen molar-refractivity contribution < 1.29 is 19.8 Å². The van der Waals surface area contributed by atoms with E-state index < -0.39 is 23.3 Å². The summed E-state index contributed by atoms with van der Waals surface area (Å²) in [5.41, 5.74) is -0.385. The summed E-state index contributed by atoms with van der Waals surface area (Å²) >= 11 is 6.00. The van der Waals surface area contributed by atoms with E-state index in [1.54, 1.807) is 0 Å². The van der Waals surface area contributed by atoms with Gasteiger partial charge in [0.15, 0.2) is 0 Å². The topological polar surface area (TPSA) is 77.8 Å². The van der Waals surface area contributed by atoms with Crippen molar-refractivity contribution in [3.05, 3.63) is 28.8 Å². The second-order valence-corrected chi connectivity index (χ2v) is 6.40. The summed E-state index contributed by atoms with van der Waals surface area (Å²) in [6.07, 6.45) is 1.47. The van der Waals surface area contributed by atoms with Crippen LogP contribution >= 0.6 is 11.6 Å². The van der Waals surface area contributed by atoms with E-state index in [0.29, 0.717) is 6.54 Å². The summed E-state index contributed by atoms with van der Waals surface area (Å²) in [5.74, 6) is -1.56. The van der Waals surface area contributed by atoms with Crippen LogP contribution in [0.25, 0.3) is 0 Å². The van der Waals surface area contributed by atoms with Crippen LogP contribution in [0.2, 0.25) is 5.02 Å². The average Bonchev–Trinajstić information content (AvgIpc) is 2.38. The predicted octanol–water partition coefficient (Wildman–Crippen LogP) is 2.76. The standard InChI is InChI=1S/C15H18ClNO4/c1-15(2)6-3-7-17(12(15)14(20)21)13(19)10-8-9(18)4-5-11(10)16/h4-5,8,12,18H,3,6-7H2,1-2H3,(H,20,21). The van der Waals surface area contributed by atoms with Crippen molar-refractivity contribution in [1.29, 1.82) is 0 Å². The van der Waals surface area contributed by atoms with E-state index in [1.165, 1.54) is 23.1 Å². The number of aromatic hydroxyl groups is 1. The van der Waals surface area contributed by atoms with Gasteiger partial charge in [-0.25, -0.2) is 4.79 Å². The second kappa shape index (κ2) is 5.56. The van der Waals surface area contributed by atoms with E-state index in [4.69, 9.17) is 11.6 Å². The number of nitrogens with zero attached hydrogens (tertiary/aromatic N) is 1. The quantitative estimate of drug-likeness (QED) is 0.880. The molecular weight excluding hydrogens is 294 g/mol. The Morgan fingerprint density at radius 3 is 2.67 bits per heavy atom. The normalized spacial score (nSPS) is 21.1. The van der Waals surface area contributed by atoms with Gasteiger partial charge in [0, 0.05) is 6.54 Å². The number of benzene rings is 1. The molecular formula is C15H18ClNO4. The molecule has 2 rings (SSSR count). The Kier molecular flexibility index (Phi) is 4.14. The average molecular weight is 312 g/mol. The first-order chi connectivity index (χ1) is 9.74. The van der Waals surface area contributed by atoms with Gasteiger partial charge in [0.1, 0.15) is 11.8 Å². The Labute approximate surface area is 128 Å². The van der Waals surface area contributed by atoms with Crippen LogP contribution in [0.15, 0.2) is 18.2 Å². The molecule has 21 heavy (non-hydrogen) atoms. The second-order valence-electron chi connectivity index (χ2n) is 6.00. The number of halogens is 1. The lowest BCUT2D eigenvalue weighted by atomic mass is 9.76. The third-order valence-corrected chi connectivity index (χ3v) is 4.28. The summed E-state index contributed by atoms with van der Waals surface area (Å²) in [7, 11) is 0. The van der Waals surface area contributed by atoms with Crippen LogP contribution in [-0.4, -0.2) is 39.6 Å². The molecule has 1 fully saturated rings. The van der Waals surface area contributed by atoms with Gasteiger partial charge >= 0.3 is 5.97 Å². The molecule has 1 saturated heterocycles. The molecule has 1 aromatic carbocycles. The Balaban J connectivity index is 2.41. The number of carbonyl (C=O) groups is 2. The molecule has 1 atom stereocenters. The van der Waals surface area contributed by atoms with Crippen LogP contribution in [0.3, 0.4) is 0 Å². The zero-order valence-corrected chi connectivity index (χ0v) is 12.7. The third-order valence-electron chi connectivity index (χ3n) is 3.95. The summed E-state index contributed by atoms with van der Waals surface area (Å²) in [5, 5.41) is 19.2. The zero-order valence-electron chi connectivity index (χ0n) is 12.0. The molecule has 1 amide bonds. The monoisotopic (exact) mass is 311 g/mol. The smallest absolute Gasteiger partial charge is 0.326 e. The van der Waals surface area contributed by atoms with Gasteiger partial charge < -0.3 is 15.1 Å². The first-order valence-electron chi connectivity index (χ1n) is 6.76. The van der Waals surface area contributed by atoms with Crippen LogP contribution in [0.4, 0.5) is 0 Å². The van der Waals surface area contributed by atoms with Crippen LogP contribution in [-0.2, 0) is 4.79 Å². The molecule has 1 unspecified atom stereocenters. The molecule has 5 nitrogen and oxygen atoms in total. The number of phenols is 1. The highest BCUT2D eigenvalue weighted by molar-refractivity contribution is 6.34. The minimum absolute atomic E-state index is 0.0779. The number of rotatable bonds is 2. The largest absolute Gasteiger partial charge is 0.508 e. The van der Waals surface area contributed by atoms with E-state index in [1.807, 2.05) is 13.8 Å². The Hall–Kier alpha value is -1.75. The molecule has 0 bridgehead atoms. The molecule has 0 saturated carbocycles. The molecule has 0 spiro atoms. The minimum atomic E-state index is -1.02. The number of hydrogen-bond donors (Lipinski definition) is 2. The van der Waals surface area contributed by atoms with Crippen molar-refractivity contribution in [2.75, 3.05) is 6.54 Å². The summed E-state index contributed by atoms with van der Waals surface area (Å²) in [4.78, 5) is 25.6. The van der Waals surface area contributed by atoms with Gasteiger partial charge in [0.05, 0.1) is 10.6 Å². The van der Waals surface area contributed by atoms with E-state index in [2.05, 4.69) is 0 Å². The SMILES string of the molecule is CC1(C)CCCN(C(=O)c2cc(O)ccc2Cl)C1C(=O)O. The van der Waals surface area contributed by atoms with Gasteiger partial charge in [0.2, 0.25) is 0 Å². The first kappa shape index (κ1) is 15.6. The molecule has 114 valence electrons. The highest BCUT2D eigenvalue weighted by atomic mass is 35.5. The fourth-order valence-corrected chi connectivity index (χ4v) is 3.11. The maximum Gasteiger partial charge on any atom is 0.326 e. The number of aliphatic carboxylic acids is 1. The first-order valence-corrected chi connectivity index (χ1v) is 7.14. The number of carbonyl (C=O) groups excluding carboxylic acids is 1. The van der Waals surface area contributed by atoms with Crippen molar-refractivity contribution in [2.45, 2.75) is 32.7 Å². The molecule has 1 aromatic rings. The summed E-state index contributed by atoms with van der Waals surface area (Å²) in [6.45, 7) is 4.05. The fraction of sp³-hybridized carbons (Fsp3) is 0.467. The van der Waals surface area contributed by atoms with Gasteiger partial charge in [-0.1, -0.05) is 25.4 Å². The van der Waals surface area contributed by atoms with Crippen LogP contribution < -0.4 is 0 Å². The Bertz CT molecular complexity index is 585. The Morgan fingerprint density at radius 2 is 2.05 bits per heavy atom. The maximum absolute atomic E-state index is 12.6. The van der Waals surface area contributed by atoms with Gasteiger partial charge in [-0.05, 0) is 36.5 Å². The van der Waals surface area contributed by atoms with E-state index in [9.17, 15) is 19.8 Å². The van der Waals surface area contributed by atoms with Crippen LogP contribution in [0, 0.1) is 5.41 Å². The lowest BCUT2D eigenvalue weighted by Crippen LogP contribution is -2.56. The van der Waals surface area contributed by atoms with Gasteiger partial charge in [0.25, 0.3) is 5.91 Å². The molecule has 0 aliphatic carbocycles. The highest BCUT2D eigenvalue weighted by Crippen LogP contribution is 2.36. The molecule has 6 heteroatoms. The molecule has 2 N–H and O–H groups in total. The van der Waals surface area contributed by atoms with Crippen molar-refractivity contribution in [2.24, 2.45) is 5.41 Å². The highest BCUT2D eigenvalue weighted by Gasteiger charge is 2.44.